The van der Waals surface area contributed by atoms with Gasteiger partial charge in [0.15, 0.2) is 0 Å². The first-order valence-corrected chi connectivity index (χ1v) is 8.00. The van der Waals surface area contributed by atoms with Gasteiger partial charge in [-0.25, -0.2) is 0 Å². The molecule has 0 radical (unpaired) electrons. The molecule has 1 saturated heterocycles. The van der Waals surface area contributed by atoms with Gasteiger partial charge in [-0.15, -0.1) is 0 Å². The highest BCUT2D eigenvalue weighted by Gasteiger charge is 2.25. The number of nitrogens with zero attached hydrogens (tertiary/aromatic N) is 2. The van der Waals surface area contributed by atoms with Crippen molar-refractivity contribution in [1.29, 1.82) is 0 Å². The van der Waals surface area contributed by atoms with E-state index < -0.39 is 0 Å². The van der Waals surface area contributed by atoms with Gasteiger partial charge in [0.1, 0.15) is 5.75 Å². The van der Waals surface area contributed by atoms with Crippen LogP contribution in [0.3, 0.4) is 0 Å². The molecule has 5 heteroatoms. The molecular weight excluding hydrogens is 292 g/mol. The maximum absolute atomic E-state index is 13.0. The fraction of sp³-hybridized carbons (Fsp3) is 0.444. The van der Waals surface area contributed by atoms with Gasteiger partial charge in [0, 0.05) is 31.6 Å². The maximum atomic E-state index is 13.0. The van der Waals surface area contributed by atoms with Gasteiger partial charge in [0.25, 0.3) is 5.91 Å². The molecule has 1 fully saturated rings. The van der Waals surface area contributed by atoms with E-state index in [1.807, 2.05) is 17.0 Å². The number of hydrogen-bond acceptors (Lipinski definition) is 3. The zero-order valence-electron chi connectivity index (χ0n) is 13.8. The van der Waals surface area contributed by atoms with Gasteiger partial charge in [-0.3, -0.25) is 14.2 Å². The van der Waals surface area contributed by atoms with E-state index in [0.717, 1.165) is 36.8 Å². The van der Waals surface area contributed by atoms with Crippen molar-refractivity contribution in [2.45, 2.75) is 26.7 Å². The molecule has 23 heavy (non-hydrogen) atoms. The highest BCUT2D eigenvalue weighted by atomic mass is 16.5. The van der Waals surface area contributed by atoms with E-state index in [-0.39, 0.29) is 11.8 Å². The molecule has 1 aliphatic heterocycles. The SMILES string of the molecule is COc1ccc2c(c1)c(C(=O)N1CCCC(C)C1)cn2C(C)=O. The molecular formula is C18H22N2O3. The second kappa shape index (κ2) is 6.07. The molecule has 2 heterocycles. The Balaban J connectivity index is 2.08. The first-order valence-electron chi connectivity index (χ1n) is 8.00. The van der Waals surface area contributed by atoms with Crippen LogP contribution in [0.2, 0.25) is 0 Å². The lowest BCUT2D eigenvalue weighted by Gasteiger charge is -2.30. The summed E-state index contributed by atoms with van der Waals surface area (Å²) >= 11 is 0. The van der Waals surface area contributed by atoms with Gasteiger partial charge in [-0.1, -0.05) is 6.92 Å². The van der Waals surface area contributed by atoms with Crippen LogP contribution in [-0.4, -0.2) is 41.5 Å². The summed E-state index contributed by atoms with van der Waals surface area (Å²) in [5.41, 5.74) is 1.31. The van der Waals surface area contributed by atoms with Gasteiger partial charge < -0.3 is 9.64 Å². The number of hydrogen-bond donors (Lipinski definition) is 0. The third-order valence-electron chi connectivity index (χ3n) is 4.53. The normalized spacial score (nSPS) is 18.2. The van der Waals surface area contributed by atoms with Crippen molar-refractivity contribution in [3.8, 4) is 5.75 Å². The van der Waals surface area contributed by atoms with E-state index in [2.05, 4.69) is 6.92 Å². The lowest BCUT2D eigenvalue weighted by atomic mass is 9.99. The molecule has 1 amide bonds. The topological polar surface area (TPSA) is 51.5 Å². The zero-order valence-corrected chi connectivity index (χ0v) is 13.8. The summed E-state index contributed by atoms with van der Waals surface area (Å²) < 4.78 is 6.81. The number of amides is 1. The van der Waals surface area contributed by atoms with Crippen LogP contribution < -0.4 is 4.74 Å². The molecule has 2 aromatic rings. The molecule has 0 spiro atoms. The summed E-state index contributed by atoms with van der Waals surface area (Å²) in [4.78, 5) is 26.7. The molecule has 1 aromatic heterocycles. The number of aromatic nitrogens is 1. The van der Waals surface area contributed by atoms with Crippen molar-refractivity contribution in [2.24, 2.45) is 5.92 Å². The minimum atomic E-state index is -0.105. The van der Waals surface area contributed by atoms with E-state index in [1.54, 1.807) is 19.4 Å². The molecule has 122 valence electrons. The van der Waals surface area contributed by atoms with Crippen molar-refractivity contribution < 1.29 is 14.3 Å². The Morgan fingerprint density at radius 2 is 2.09 bits per heavy atom. The summed E-state index contributed by atoms with van der Waals surface area (Å²) in [7, 11) is 1.59. The van der Waals surface area contributed by atoms with Crippen LogP contribution in [0.15, 0.2) is 24.4 Å². The summed E-state index contributed by atoms with van der Waals surface area (Å²) in [6.45, 7) is 5.22. The molecule has 1 aliphatic rings. The Labute approximate surface area is 135 Å². The maximum Gasteiger partial charge on any atom is 0.256 e. The summed E-state index contributed by atoms with van der Waals surface area (Å²) in [6.07, 6.45) is 3.85. The van der Waals surface area contributed by atoms with Crippen LogP contribution in [0.25, 0.3) is 10.9 Å². The average Bonchev–Trinajstić information content (AvgIpc) is 2.93. The quantitative estimate of drug-likeness (QED) is 0.855. The number of methoxy groups -OCH3 is 1. The van der Waals surface area contributed by atoms with Gasteiger partial charge in [0.05, 0.1) is 18.2 Å². The van der Waals surface area contributed by atoms with Crippen LogP contribution in [0.5, 0.6) is 5.75 Å². The predicted molar refractivity (Wildman–Crippen MR) is 89.1 cm³/mol. The number of piperidine rings is 1. The molecule has 5 nitrogen and oxygen atoms in total. The molecule has 0 saturated carbocycles. The van der Waals surface area contributed by atoms with Crippen molar-refractivity contribution in [3.63, 3.8) is 0 Å². The van der Waals surface area contributed by atoms with Crippen LogP contribution in [0.4, 0.5) is 0 Å². The van der Waals surface area contributed by atoms with Crippen LogP contribution in [0, 0.1) is 5.92 Å². The standard InChI is InChI=1S/C18H22N2O3/c1-12-5-4-8-19(10-12)18(22)16-11-20(13(2)21)17-7-6-14(23-3)9-15(16)17/h6-7,9,11-12H,4-5,8,10H2,1-3H3. The molecule has 1 unspecified atom stereocenters. The molecule has 0 aliphatic carbocycles. The predicted octanol–water partition coefficient (Wildman–Crippen LogP) is 3.18. The second-order valence-electron chi connectivity index (χ2n) is 6.31. The van der Waals surface area contributed by atoms with Crippen molar-refractivity contribution in [1.82, 2.24) is 9.47 Å². The Morgan fingerprint density at radius 3 is 2.74 bits per heavy atom. The monoisotopic (exact) mass is 314 g/mol. The van der Waals surface area contributed by atoms with Crippen LogP contribution in [0.1, 0.15) is 41.8 Å². The Morgan fingerprint density at radius 1 is 1.30 bits per heavy atom. The van der Waals surface area contributed by atoms with E-state index in [0.29, 0.717) is 17.2 Å². The minimum Gasteiger partial charge on any atom is -0.497 e. The van der Waals surface area contributed by atoms with Gasteiger partial charge >= 0.3 is 0 Å². The zero-order chi connectivity index (χ0) is 16.6. The number of likely N-dealkylation sites (tertiary alicyclic amines) is 1. The number of carbonyl (C=O) groups excluding carboxylic acids is 2. The largest absolute Gasteiger partial charge is 0.497 e. The highest BCUT2D eigenvalue weighted by Crippen LogP contribution is 2.28. The summed E-state index contributed by atoms with van der Waals surface area (Å²) in [5, 5.41) is 0.766. The number of carbonyl (C=O) groups is 2. The molecule has 1 aromatic carbocycles. The first kappa shape index (κ1) is 15.6. The second-order valence-corrected chi connectivity index (χ2v) is 6.31. The Hall–Kier alpha value is -2.30. The highest BCUT2D eigenvalue weighted by molar-refractivity contribution is 6.09. The van der Waals surface area contributed by atoms with Crippen molar-refractivity contribution >= 4 is 22.7 Å². The van der Waals surface area contributed by atoms with E-state index in [9.17, 15) is 9.59 Å². The third kappa shape index (κ3) is 2.83. The van der Waals surface area contributed by atoms with Gasteiger partial charge in [-0.05, 0) is 37.0 Å². The fourth-order valence-corrected chi connectivity index (χ4v) is 3.31. The third-order valence-corrected chi connectivity index (χ3v) is 4.53. The summed E-state index contributed by atoms with van der Waals surface area (Å²) in [5.74, 6) is 1.09. The lowest BCUT2D eigenvalue weighted by molar-refractivity contribution is 0.0685. The average molecular weight is 314 g/mol. The fourth-order valence-electron chi connectivity index (χ4n) is 3.31. The van der Waals surface area contributed by atoms with E-state index in [1.165, 1.54) is 11.5 Å². The van der Waals surface area contributed by atoms with E-state index >= 15 is 0 Å². The lowest BCUT2D eigenvalue weighted by Crippen LogP contribution is -2.39. The molecule has 1 atom stereocenters. The number of ether oxygens (including phenoxy) is 1. The molecule has 0 bridgehead atoms. The molecule has 3 rings (SSSR count). The van der Waals surface area contributed by atoms with Gasteiger partial charge in [-0.2, -0.15) is 0 Å². The smallest absolute Gasteiger partial charge is 0.256 e. The van der Waals surface area contributed by atoms with Crippen LogP contribution >= 0.6 is 0 Å². The summed E-state index contributed by atoms with van der Waals surface area (Å²) in [6, 6.07) is 5.46. The Kier molecular flexibility index (Phi) is 4.11. The Bertz CT molecular complexity index is 763. The molecule has 0 N–H and O–H groups in total. The number of fused-ring (bicyclic) bond motifs is 1. The van der Waals surface area contributed by atoms with Crippen LogP contribution in [-0.2, 0) is 0 Å². The van der Waals surface area contributed by atoms with E-state index in [4.69, 9.17) is 4.74 Å². The number of benzene rings is 1. The first-order chi connectivity index (χ1) is 11.0. The minimum absolute atomic E-state index is 0.00481. The van der Waals surface area contributed by atoms with Gasteiger partial charge in [0.2, 0.25) is 5.91 Å². The van der Waals surface area contributed by atoms with Crippen molar-refractivity contribution in [2.75, 3.05) is 20.2 Å². The number of rotatable bonds is 2. The van der Waals surface area contributed by atoms with Crippen molar-refractivity contribution in [3.05, 3.63) is 30.0 Å².